The van der Waals surface area contributed by atoms with Gasteiger partial charge in [0.2, 0.25) is 5.91 Å². The second kappa shape index (κ2) is 6.12. The van der Waals surface area contributed by atoms with E-state index in [1.54, 1.807) is 0 Å². The Hall–Kier alpha value is -2.82. The van der Waals surface area contributed by atoms with Crippen LogP contribution in [0.2, 0.25) is 0 Å². The maximum atomic E-state index is 12.2. The lowest BCUT2D eigenvalue weighted by Gasteiger charge is -2.27. The molecule has 2 aromatic rings. The highest BCUT2D eigenvalue weighted by molar-refractivity contribution is 5.91. The predicted octanol–water partition coefficient (Wildman–Crippen LogP) is 2.24. The molecule has 0 unspecified atom stereocenters. The van der Waals surface area contributed by atoms with E-state index in [2.05, 4.69) is 5.32 Å². The Kier molecular flexibility index (Phi) is 4.02. The average Bonchev–Trinajstić information content (AvgIpc) is 2.94. The second-order valence-electron chi connectivity index (χ2n) is 5.61. The van der Waals surface area contributed by atoms with Crippen LogP contribution < -0.4 is 11.1 Å². The van der Waals surface area contributed by atoms with Crippen LogP contribution in [-0.2, 0) is 28.1 Å². The molecule has 1 aliphatic carbocycles. The minimum atomic E-state index is -1.19. The minimum Gasteiger partial charge on any atom is -0.445 e. The maximum absolute atomic E-state index is 12.2. The van der Waals surface area contributed by atoms with Gasteiger partial charge in [-0.25, -0.2) is 4.79 Å². The normalized spacial score (nSPS) is 19.0. The van der Waals surface area contributed by atoms with Crippen molar-refractivity contribution in [3.63, 3.8) is 0 Å². The molecular formula is C18H18N2O3. The number of carbonyl (C=O) groups excluding carboxylic acids is 2. The molecule has 23 heavy (non-hydrogen) atoms. The first-order valence-corrected chi connectivity index (χ1v) is 7.49. The van der Waals surface area contributed by atoms with Crippen LogP contribution in [-0.4, -0.2) is 12.0 Å². The number of nitrogens with two attached hydrogens (primary N) is 1. The van der Waals surface area contributed by atoms with E-state index in [1.807, 2.05) is 54.6 Å². The van der Waals surface area contributed by atoms with Crippen LogP contribution in [0.1, 0.15) is 23.1 Å². The number of benzene rings is 2. The lowest BCUT2D eigenvalue weighted by atomic mass is 9.91. The van der Waals surface area contributed by atoms with Gasteiger partial charge in [-0.1, -0.05) is 54.6 Å². The molecule has 1 aliphatic rings. The number of primary amides is 1. The minimum absolute atomic E-state index is 0.142. The SMILES string of the molecule is NC(=O)[C@]1(NC(=O)OCc2ccccc2)CCc2ccccc21. The summed E-state index contributed by atoms with van der Waals surface area (Å²) in [5.41, 5.74) is 7.06. The zero-order valence-electron chi connectivity index (χ0n) is 12.6. The van der Waals surface area contributed by atoms with Crippen molar-refractivity contribution in [3.8, 4) is 0 Å². The van der Waals surface area contributed by atoms with Crippen LogP contribution >= 0.6 is 0 Å². The Morgan fingerprint density at radius 1 is 1.09 bits per heavy atom. The van der Waals surface area contributed by atoms with Crippen molar-refractivity contribution in [2.75, 3.05) is 0 Å². The van der Waals surface area contributed by atoms with Crippen LogP contribution in [0.25, 0.3) is 0 Å². The van der Waals surface area contributed by atoms with Gasteiger partial charge in [0.05, 0.1) is 0 Å². The number of aryl methyl sites for hydroxylation is 1. The van der Waals surface area contributed by atoms with Gasteiger partial charge >= 0.3 is 6.09 Å². The molecular weight excluding hydrogens is 292 g/mol. The number of amides is 2. The van der Waals surface area contributed by atoms with Crippen molar-refractivity contribution in [2.24, 2.45) is 5.73 Å². The summed E-state index contributed by atoms with van der Waals surface area (Å²) in [4.78, 5) is 24.2. The summed E-state index contributed by atoms with van der Waals surface area (Å²) in [6.07, 6.45) is 0.490. The maximum Gasteiger partial charge on any atom is 0.408 e. The largest absolute Gasteiger partial charge is 0.445 e. The number of carbonyl (C=O) groups is 2. The third-order valence-corrected chi connectivity index (χ3v) is 4.20. The van der Waals surface area contributed by atoms with Crippen molar-refractivity contribution in [1.29, 1.82) is 0 Å². The lowest BCUT2D eigenvalue weighted by Crippen LogP contribution is -2.53. The van der Waals surface area contributed by atoms with Crippen LogP contribution in [0.5, 0.6) is 0 Å². The molecule has 0 spiro atoms. The Labute approximate surface area is 134 Å². The van der Waals surface area contributed by atoms with Gasteiger partial charge in [0.25, 0.3) is 0 Å². The molecule has 3 rings (SSSR count). The number of fused-ring (bicyclic) bond motifs is 1. The van der Waals surface area contributed by atoms with Crippen LogP contribution in [0.4, 0.5) is 4.79 Å². The molecule has 0 heterocycles. The second-order valence-corrected chi connectivity index (χ2v) is 5.61. The van der Waals surface area contributed by atoms with Gasteiger partial charge in [0.1, 0.15) is 12.1 Å². The fourth-order valence-corrected chi connectivity index (χ4v) is 2.99. The van der Waals surface area contributed by atoms with E-state index in [4.69, 9.17) is 10.5 Å². The van der Waals surface area contributed by atoms with Crippen molar-refractivity contribution in [2.45, 2.75) is 25.0 Å². The zero-order valence-corrected chi connectivity index (χ0v) is 12.6. The summed E-state index contributed by atoms with van der Waals surface area (Å²) in [6, 6.07) is 16.9. The number of rotatable bonds is 4. The number of nitrogens with one attached hydrogen (secondary N) is 1. The van der Waals surface area contributed by atoms with E-state index < -0.39 is 17.5 Å². The van der Waals surface area contributed by atoms with E-state index in [9.17, 15) is 9.59 Å². The third-order valence-electron chi connectivity index (χ3n) is 4.20. The molecule has 5 heteroatoms. The van der Waals surface area contributed by atoms with Crippen LogP contribution in [0.3, 0.4) is 0 Å². The highest BCUT2D eigenvalue weighted by atomic mass is 16.5. The highest BCUT2D eigenvalue weighted by Gasteiger charge is 2.45. The Balaban J connectivity index is 1.74. The van der Waals surface area contributed by atoms with Gasteiger partial charge in [-0.3, -0.25) is 4.79 Å². The molecule has 0 fully saturated rings. The quantitative estimate of drug-likeness (QED) is 0.908. The summed E-state index contributed by atoms with van der Waals surface area (Å²) in [5.74, 6) is -0.570. The molecule has 0 saturated heterocycles. The first kappa shape index (κ1) is 15.1. The van der Waals surface area contributed by atoms with Gasteiger partial charge in [-0.2, -0.15) is 0 Å². The Morgan fingerprint density at radius 3 is 2.52 bits per heavy atom. The predicted molar refractivity (Wildman–Crippen MR) is 85.4 cm³/mol. The summed E-state index contributed by atoms with van der Waals surface area (Å²) < 4.78 is 5.22. The van der Waals surface area contributed by atoms with E-state index in [0.29, 0.717) is 12.8 Å². The van der Waals surface area contributed by atoms with Gasteiger partial charge in [0.15, 0.2) is 0 Å². The number of hydrogen-bond donors (Lipinski definition) is 2. The smallest absolute Gasteiger partial charge is 0.408 e. The zero-order chi connectivity index (χ0) is 16.3. The number of alkyl carbamates (subject to hydrolysis) is 1. The summed E-state index contributed by atoms with van der Waals surface area (Å²) >= 11 is 0. The first-order chi connectivity index (χ1) is 11.1. The fourth-order valence-electron chi connectivity index (χ4n) is 2.99. The molecule has 118 valence electrons. The van der Waals surface area contributed by atoms with Crippen molar-refractivity contribution < 1.29 is 14.3 Å². The van der Waals surface area contributed by atoms with Crippen molar-refractivity contribution >= 4 is 12.0 Å². The highest BCUT2D eigenvalue weighted by Crippen LogP contribution is 2.36. The van der Waals surface area contributed by atoms with Gasteiger partial charge in [-0.15, -0.1) is 0 Å². The molecule has 0 aliphatic heterocycles. The van der Waals surface area contributed by atoms with Gasteiger partial charge in [0, 0.05) is 0 Å². The van der Waals surface area contributed by atoms with Crippen LogP contribution in [0.15, 0.2) is 54.6 Å². The van der Waals surface area contributed by atoms with E-state index in [0.717, 1.165) is 16.7 Å². The van der Waals surface area contributed by atoms with E-state index >= 15 is 0 Å². The number of hydrogen-bond acceptors (Lipinski definition) is 3. The third kappa shape index (κ3) is 2.90. The molecule has 2 amide bonds. The average molecular weight is 310 g/mol. The fraction of sp³-hybridized carbons (Fsp3) is 0.222. The molecule has 0 aromatic heterocycles. The summed E-state index contributed by atoms with van der Waals surface area (Å²) in [7, 11) is 0. The first-order valence-electron chi connectivity index (χ1n) is 7.49. The molecule has 0 bridgehead atoms. The molecule has 1 atom stereocenters. The van der Waals surface area contributed by atoms with Gasteiger partial charge < -0.3 is 15.8 Å². The monoisotopic (exact) mass is 310 g/mol. The molecule has 0 saturated carbocycles. The van der Waals surface area contributed by atoms with Crippen molar-refractivity contribution in [1.82, 2.24) is 5.32 Å². The molecule has 3 N–H and O–H groups in total. The summed E-state index contributed by atoms with van der Waals surface area (Å²) in [5, 5.41) is 2.68. The summed E-state index contributed by atoms with van der Waals surface area (Å²) in [6.45, 7) is 0.142. The van der Waals surface area contributed by atoms with E-state index in [-0.39, 0.29) is 6.61 Å². The van der Waals surface area contributed by atoms with Crippen LogP contribution in [0, 0.1) is 0 Å². The molecule has 5 nitrogen and oxygen atoms in total. The van der Waals surface area contributed by atoms with E-state index in [1.165, 1.54) is 0 Å². The topological polar surface area (TPSA) is 81.4 Å². The Morgan fingerprint density at radius 2 is 1.78 bits per heavy atom. The molecule has 2 aromatic carbocycles. The number of ether oxygens (including phenoxy) is 1. The Bertz CT molecular complexity index is 730. The standard InChI is InChI=1S/C18H18N2O3/c19-16(21)18(11-10-14-8-4-5-9-15(14)18)20-17(22)23-12-13-6-2-1-3-7-13/h1-9H,10-12H2,(H2,19,21)(H,20,22)/t18-/m0/s1. The lowest BCUT2D eigenvalue weighted by molar-refractivity contribution is -0.124. The van der Waals surface area contributed by atoms with Crippen molar-refractivity contribution in [3.05, 3.63) is 71.3 Å². The van der Waals surface area contributed by atoms with Gasteiger partial charge in [-0.05, 0) is 29.5 Å². The molecule has 0 radical (unpaired) electrons.